The summed E-state index contributed by atoms with van der Waals surface area (Å²) in [5.74, 6) is 0.734. The smallest absolute Gasteiger partial charge is 0.190 e. The molecule has 1 aromatic heterocycles. The van der Waals surface area contributed by atoms with Gasteiger partial charge < -0.3 is 4.74 Å². The Balaban J connectivity index is 1.75. The third-order valence-corrected chi connectivity index (χ3v) is 4.05. The maximum Gasteiger partial charge on any atom is 0.190 e. The van der Waals surface area contributed by atoms with E-state index < -0.39 is 0 Å². The van der Waals surface area contributed by atoms with Gasteiger partial charge in [-0.2, -0.15) is 0 Å². The van der Waals surface area contributed by atoms with E-state index in [1.807, 2.05) is 0 Å². The minimum Gasteiger partial charge on any atom is -0.373 e. The third kappa shape index (κ3) is 3.45. The van der Waals surface area contributed by atoms with Gasteiger partial charge in [0.25, 0.3) is 0 Å². The second kappa shape index (κ2) is 5.50. The van der Waals surface area contributed by atoms with Gasteiger partial charge in [-0.25, -0.2) is 0 Å². The van der Waals surface area contributed by atoms with Crippen LogP contribution in [0.3, 0.4) is 0 Å². The first-order valence-electron chi connectivity index (χ1n) is 5.22. The normalized spacial score (nSPS) is 15.4. The Morgan fingerprint density at radius 1 is 1.50 bits per heavy atom. The highest BCUT2D eigenvalue weighted by Crippen LogP contribution is 2.33. The van der Waals surface area contributed by atoms with Crippen molar-refractivity contribution >= 4 is 40.3 Å². The van der Waals surface area contributed by atoms with Gasteiger partial charge in [-0.1, -0.05) is 36.0 Å². The van der Waals surface area contributed by atoms with Gasteiger partial charge in [0.05, 0.1) is 9.90 Å². The quantitative estimate of drug-likeness (QED) is 0.580. The topological polar surface area (TPSA) is 26.3 Å². The zero-order chi connectivity index (χ0) is 11.5. The summed E-state index contributed by atoms with van der Waals surface area (Å²) in [6.45, 7) is 0.755. The van der Waals surface area contributed by atoms with Crippen LogP contribution in [-0.4, -0.2) is 19.0 Å². The standard InChI is InChI=1S/C11H12Cl2O2S/c12-10-5-8(11(13)16-10)9(14)6-15-4-3-7-1-2-7/h5,7H,1-4,6H2. The molecular formula is C11H12Cl2O2S. The molecule has 1 heterocycles. The second-order valence-corrected chi connectivity index (χ2v) is 6.23. The lowest BCUT2D eigenvalue weighted by atomic mass is 10.2. The number of thiophene rings is 1. The third-order valence-electron chi connectivity index (χ3n) is 2.56. The van der Waals surface area contributed by atoms with Crippen molar-refractivity contribution in [2.24, 2.45) is 5.92 Å². The molecule has 0 N–H and O–H groups in total. The van der Waals surface area contributed by atoms with Gasteiger partial charge in [-0.15, -0.1) is 11.3 Å². The first-order chi connectivity index (χ1) is 7.66. The highest BCUT2D eigenvalue weighted by atomic mass is 35.5. The fourth-order valence-corrected chi connectivity index (χ4v) is 2.93. The van der Waals surface area contributed by atoms with Crippen LogP contribution < -0.4 is 0 Å². The van der Waals surface area contributed by atoms with Crippen molar-refractivity contribution in [3.8, 4) is 0 Å². The van der Waals surface area contributed by atoms with Crippen molar-refractivity contribution in [2.75, 3.05) is 13.2 Å². The van der Waals surface area contributed by atoms with Crippen LogP contribution in [0.4, 0.5) is 0 Å². The molecule has 1 aliphatic rings. The molecule has 0 unspecified atom stereocenters. The molecule has 1 saturated carbocycles. The molecule has 16 heavy (non-hydrogen) atoms. The van der Waals surface area contributed by atoms with E-state index in [-0.39, 0.29) is 12.4 Å². The molecule has 0 radical (unpaired) electrons. The van der Waals surface area contributed by atoms with Gasteiger partial charge >= 0.3 is 0 Å². The Morgan fingerprint density at radius 3 is 2.81 bits per heavy atom. The minimum atomic E-state index is -0.0936. The number of halogens is 2. The number of hydrogen-bond donors (Lipinski definition) is 0. The predicted molar refractivity (Wildman–Crippen MR) is 66.8 cm³/mol. The summed E-state index contributed by atoms with van der Waals surface area (Å²) in [5.41, 5.74) is 0.475. The number of carbonyl (C=O) groups is 1. The molecule has 1 fully saturated rings. The van der Waals surface area contributed by atoms with Gasteiger partial charge in [0, 0.05) is 6.61 Å². The molecule has 2 rings (SSSR count). The zero-order valence-corrected chi connectivity index (χ0v) is 11.0. The average molecular weight is 279 g/mol. The Morgan fingerprint density at radius 2 is 2.25 bits per heavy atom. The Hall–Kier alpha value is -0.0900. The van der Waals surface area contributed by atoms with Crippen LogP contribution in [0.25, 0.3) is 0 Å². The SMILES string of the molecule is O=C(COCCC1CC1)c1cc(Cl)sc1Cl. The molecule has 2 nitrogen and oxygen atoms in total. The molecule has 0 aromatic carbocycles. The second-order valence-electron chi connectivity index (χ2n) is 3.95. The van der Waals surface area contributed by atoms with Crippen molar-refractivity contribution in [1.82, 2.24) is 0 Å². The van der Waals surface area contributed by atoms with Crippen molar-refractivity contribution in [3.63, 3.8) is 0 Å². The van der Waals surface area contributed by atoms with E-state index in [9.17, 15) is 4.79 Å². The number of Topliss-reactive ketones (excluding diaryl/α,β-unsaturated/α-hetero) is 1. The average Bonchev–Trinajstić information content (AvgIpc) is 2.98. The van der Waals surface area contributed by atoms with E-state index >= 15 is 0 Å². The van der Waals surface area contributed by atoms with E-state index in [0.29, 0.717) is 20.8 Å². The minimum absolute atomic E-state index is 0.0936. The highest BCUT2D eigenvalue weighted by molar-refractivity contribution is 7.20. The molecule has 0 amide bonds. The molecule has 0 bridgehead atoms. The number of hydrogen-bond acceptors (Lipinski definition) is 3. The Labute approximate surface area is 109 Å². The lowest BCUT2D eigenvalue weighted by Gasteiger charge is -2.01. The van der Waals surface area contributed by atoms with Gasteiger partial charge in [0.15, 0.2) is 5.78 Å². The summed E-state index contributed by atoms with van der Waals surface area (Å²) >= 11 is 12.8. The van der Waals surface area contributed by atoms with Crippen LogP contribution in [0.5, 0.6) is 0 Å². The van der Waals surface area contributed by atoms with Crippen LogP contribution in [0, 0.1) is 5.92 Å². The van der Waals surface area contributed by atoms with Gasteiger partial charge in [-0.3, -0.25) is 4.79 Å². The van der Waals surface area contributed by atoms with Crippen LogP contribution in [0.2, 0.25) is 8.67 Å². The summed E-state index contributed by atoms with van der Waals surface area (Å²) in [6, 6.07) is 1.60. The van der Waals surface area contributed by atoms with Crippen molar-refractivity contribution < 1.29 is 9.53 Å². The predicted octanol–water partition coefficient (Wildman–Crippen LogP) is 4.05. The maximum absolute atomic E-state index is 11.7. The molecule has 0 spiro atoms. The number of rotatable bonds is 6. The molecule has 5 heteroatoms. The summed E-state index contributed by atoms with van der Waals surface area (Å²) in [4.78, 5) is 11.7. The van der Waals surface area contributed by atoms with Crippen molar-refractivity contribution in [1.29, 1.82) is 0 Å². The van der Waals surface area contributed by atoms with E-state index in [4.69, 9.17) is 27.9 Å². The number of ether oxygens (including phenoxy) is 1. The van der Waals surface area contributed by atoms with E-state index in [0.717, 1.165) is 12.3 Å². The van der Waals surface area contributed by atoms with Crippen LogP contribution in [0.1, 0.15) is 29.6 Å². The zero-order valence-electron chi connectivity index (χ0n) is 8.67. The van der Waals surface area contributed by atoms with Gasteiger partial charge in [0.1, 0.15) is 10.9 Å². The lowest BCUT2D eigenvalue weighted by Crippen LogP contribution is -2.09. The Bertz CT molecular complexity index is 385. The van der Waals surface area contributed by atoms with E-state index in [1.54, 1.807) is 6.07 Å². The van der Waals surface area contributed by atoms with E-state index in [2.05, 4.69) is 0 Å². The molecular weight excluding hydrogens is 267 g/mol. The molecule has 1 aromatic rings. The highest BCUT2D eigenvalue weighted by Gasteiger charge is 2.21. The van der Waals surface area contributed by atoms with Crippen LogP contribution in [0.15, 0.2) is 6.07 Å². The molecule has 0 aliphatic heterocycles. The molecule has 0 atom stereocenters. The maximum atomic E-state index is 11.7. The van der Waals surface area contributed by atoms with Gasteiger partial charge in [0.2, 0.25) is 0 Å². The van der Waals surface area contributed by atoms with Crippen LogP contribution in [-0.2, 0) is 4.74 Å². The largest absolute Gasteiger partial charge is 0.373 e. The number of carbonyl (C=O) groups excluding carboxylic acids is 1. The first kappa shape index (κ1) is 12.4. The van der Waals surface area contributed by atoms with Crippen LogP contribution >= 0.6 is 34.5 Å². The lowest BCUT2D eigenvalue weighted by molar-refractivity contribution is 0.0749. The fourth-order valence-electron chi connectivity index (χ4n) is 1.43. The molecule has 0 saturated heterocycles. The molecule has 88 valence electrons. The van der Waals surface area contributed by atoms with Gasteiger partial charge in [-0.05, 0) is 18.4 Å². The summed E-state index contributed by atoms with van der Waals surface area (Å²) < 4.78 is 6.30. The summed E-state index contributed by atoms with van der Waals surface area (Å²) in [6.07, 6.45) is 3.68. The summed E-state index contributed by atoms with van der Waals surface area (Å²) in [7, 11) is 0. The fraction of sp³-hybridized carbons (Fsp3) is 0.545. The van der Waals surface area contributed by atoms with Crippen molar-refractivity contribution in [2.45, 2.75) is 19.3 Å². The number of ketones is 1. The Kier molecular flexibility index (Phi) is 4.25. The monoisotopic (exact) mass is 278 g/mol. The first-order valence-corrected chi connectivity index (χ1v) is 6.80. The molecule has 1 aliphatic carbocycles. The van der Waals surface area contributed by atoms with Crippen molar-refractivity contribution in [3.05, 3.63) is 20.3 Å². The summed E-state index contributed by atoms with van der Waals surface area (Å²) in [5, 5.41) is 0. The van der Waals surface area contributed by atoms with E-state index in [1.165, 1.54) is 24.2 Å².